The maximum absolute atomic E-state index is 12.3. The molecule has 0 spiro atoms. The van der Waals surface area contributed by atoms with E-state index >= 15 is 0 Å². The first-order chi connectivity index (χ1) is 8.08. The van der Waals surface area contributed by atoms with Crippen LogP contribution in [-0.4, -0.2) is 11.4 Å². The number of hydrogen-bond donors (Lipinski definition) is 1. The van der Waals surface area contributed by atoms with Crippen LogP contribution in [0.25, 0.3) is 0 Å². The van der Waals surface area contributed by atoms with Crippen LogP contribution in [0.15, 0.2) is 18.2 Å². The van der Waals surface area contributed by atoms with Crippen molar-refractivity contribution in [3.63, 3.8) is 0 Å². The van der Waals surface area contributed by atoms with Gasteiger partial charge in [-0.2, -0.15) is 0 Å². The van der Waals surface area contributed by atoms with E-state index in [2.05, 4.69) is 34.8 Å². The van der Waals surface area contributed by atoms with E-state index in [-0.39, 0.29) is 11.4 Å². The van der Waals surface area contributed by atoms with Crippen LogP contribution in [0.1, 0.15) is 48.5 Å². The Morgan fingerprint density at radius 1 is 1.47 bits per heavy atom. The van der Waals surface area contributed by atoms with Crippen molar-refractivity contribution in [1.29, 1.82) is 0 Å². The van der Waals surface area contributed by atoms with Gasteiger partial charge in [-0.15, -0.1) is 0 Å². The lowest BCUT2D eigenvalue weighted by molar-refractivity contribution is 0.0819. The summed E-state index contributed by atoms with van der Waals surface area (Å²) in [5.41, 5.74) is 2.05. The third-order valence-electron chi connectivity index (χ3n) is 3.80. The van der Waals surface area contributed by atoms with Crippen LogP contribution in [0, 0.1) is 10.5 Å². The fourth-order valence-electron chi connectivity index (χ4n) is 2.30. The highest BCUT2D eigenvalue weighted by Gasteiger charge is 2.36. The van der Waals surface area contributed by atoms with Crippen LogP contribution in [-0.2, 0) is 0 Å². The summed E-state index contributed by atoms with van der Waals surface area (Å²) in [5.74, 6) is 0.0830. The molecule has 17 heavy (non-hydrogen) atoms. The first-order valence-electron chi connectivity index (χ1n) is 6.15. The molecule has 1 aliphatic carbocycles. The van der Waals surface area contributed by atoms with E-state index in [0.717, 1.165) is 34.0 Å². The Morgan fingerprint density at radius 2 is 2.18 bits per heavy atom. The number of rotatable bonds is 3. The second-order valence-corrected chi connectivity index (χ2v) is 5.96. The van der Waals surface area contributed by atoms with E-state index in [1.54, 1.807) is 0 Å². The molecule has 0 heterocycles. The molecule has 0 saturated heterocycles. The molecule has 0 bridgehead atoms. The quantitative estimate of drug-likeness (QED) is 0.834. The van der Waals surface area contributed by atoms with E-state index in [9.17, 15) is 4.79 Å². The molecule has 0 aromatic heterocycles. The molecule has 0 aliphatic heterocycles. The number of carbonyl (C=O) groups excluding carboxylic acids is 1. The van der Waals surface area contributed by atoms with Gasteiger partial charge < -0.3 is 5.32 Å². The number of aryl methyl sites for hydroxylation is 1. The maximum Gasteiger partial charge on any atom is 0.252 e. The van der Waals surface area contributed by atoms with Gasteiger partial charge in [0.15, 0.2) is 0 Å². The zero-order chi connectivity index (χ0) is 12.5. The van der Waals surface area contributed by atoms with Crippen molar-refractivity contribution in [2.45, 2.75) is 45.1 Å². The van der Waals surface area contributed by atoms with Gasteiger partial charge in [0.05, 0.1) is 5.56 Å². The van der Waals surface area contributed by atoms with Crippen LogP contribution in [0.3, 0.4) is 0 Å². The fraction of sp³-hybridized carbons (Fsp3) is 0.500. The number of halogens is 1. The maximum atomic E-state index is 12.3. The molecule has 1 N–H and O–H groups in total. The molecule has 0 radical (unpaired) electrons. The van der Waals surface area contributed by atoms with Crippen LogP contribution in [0.4, 0.5) is 0 Å². The average Bonchev–Trinajstić information content (AvgIpc) is 2.27. The number of nitrogens with one attached hydrogen (secondary N) is 1. The van der Waals surface area contributed by atoms with Gasteiger partial charge in [0, 0.05) is 9.11 Å². The summed E-state index contributed by atoms with van der Waals surface area (Å²) in [7, 11) is 0. The molecule has 0 atom stereocenters. The van der Waals surface area contributed by atoms with Crippen molar-refractivity contribution in [3.05, 3.63) is 32.9 Å². The minimum atomic E-state index is 0.0733. The lowest BCUT2D eigenvalue weighted by Crippen LogP contribution is -2.53. The van der Waals surface area contributed by atoms with Crippen LogP contribution >= 0.6 is 22.6 Å². The largest absolute Gasteiger partial charge is 0.347 e. The van der Waals surface area contributed by atoms with Gasteiger partial charge in [-0.1, -0.05) is 19.1 Å². The highest BCUT2D eigenvalue weighted by atomic mass is 127. The second-order valence-electron chi connectivity index (χ2n) is 4.88. The van der Waals surface area contributed by atoms with E-state index in [0.29, 0.717) is 0 Å². The predicted molar refractivity (Wildman–Crippen MR) is 78.2 cm³/mol. The monoisotopic (exact) mass is 343 g/mol. The van der Waals surface area contributed by atoms with Gasteiger partial charge in [0.2, 0.25) is 0 Å². The third-order valence-corrected chi connectivity index (χ3v) is 5.23. The van der Waals surface area contributed by atoms with Gasteiger partial charge in [-0.3, -0.25) is 4.79 Å². The summed E-state index contributed by atoms with van der Waals surface area (Å²) >= 11 is 2.25. The van der Waals surface area contributed by atoms with Crippen molar-refractivity contribution in [2.24, 2.45) is 0 Å². The number of benzene rings is 1. The topological polar surface area (TPSA) is 29.1 Å². The first kappa shape index (κ1) is 12.9. The zero-order valence-corrected chi connectivity index (χ0v) is 12.5. The molecule has 1 aliphatic rings. The predicted octanol–water partition coefficient (Wildman–Crippen LogP) is 3.66. The van der Waals surface area contributed by atoms with Crippen molar-refractivity contribution in [1.82, 2.24) is 5.32 Å². The molecule has 0 unspecified atom stereocenters. The van der Waals surface area contributed by atoms with Gasteiger partial charge >= 0.3 is 0 Å². The smallest absolute Gasteiger partial charge is 0.252 e. The van der Waals surface area contributed by atoms with Crippen LogP contribution in [0.5, 0.6) is 0 Å². The molecule has 2 nitrogen and oxygen atoms in total. The normalized spacial score (nSPS) is 17.4. The molecular formula is C14H18INO. The highest BCUT2D eigenvalue weighted by Crippen LogP contribution is 2.35. The van der Waals surface area contributed by atoms with Gasteiger partial charge in [0.1, 0.15) is 0 Å². The molecule has 1 amide bonds. The molecule has 1 aromatic carbocycles. The van der Waals surface area contributed by atoms with Gasteiger partial charge in [0.25, 0.3) is 5.91 Å². The summed E-state index contributed by atoms with van der Waals surface area (Å²) in [6, 6.07) is 5.90. The first-order valence-corrected chi connectivity index (χ1v) is 7.23. The molecule has 92 valence electrons. The van der Waals surface area contributed by atoms with E-state index in [1.165, 1.54) is 6.42 Å². The Bertz CT molecular complexity index is 432. The van der Waals surface area contributed by atoms with Gasteiger partial charge in [-0.25, -0.2) is 0 Å². The van der Waals surface area contributed by atoms with Crippen molar-refractivity contribution in [2.75, 3.05) is 0 Å². The minimum Gasteiger partial charge on any atom is -0.347 e. The molecule has 3 heteroatoms. The minimum absolute atomic E-state index is 0.0733. The van der Waals surface area contributed by atoms with Crippen molar-refractivity contribution in [3.8, 4) is 0 Å². The summed E-state index contributed by atoms with van der Waals surface area (Å²) in [4.78, 5) is 12.3. The lowest BCUT2D eigenvalue weighted by Gasteiger charge is -2.42. The summed E-state index contributed by atoms with van der Waals surface area (Å²) in [6.07, 6.45) is 4.51. The molecule has 1 aromatic rings. The molecule has 1 saturated carbocycles. The summed E-state index contributed by atoms with van der Waals surface area (Å²) in [6.45, 7) is 4.19. The zero-order valence-electron chi connectivity index (χ0n) is 10.3. The number of carbonyl (C=O) groups is 1. The van der Waals surface area contributed by atoms with Crippen molar-refractivity contribution >= 4 is 28.5 Å². The Kier molecular flexibility index (Phi) is 3.76. The van der Waals surface area contributed by atoms with Crippen LogP contribution in [0.2, 0.25) is 0 Å². The SMILES string of the molecule is CCC1(NC(=O)c2cccc(C)c2I)CCC1. The summed E-state index contributed by atoms with van der Waals surface area (Å²) < 4.78 is 1.06. The van der Waals surface area contributed by atoms with E-state index < -0.39 is 0 Å². The fourth-order valence-corrected chi connectivity index (χ4v) is 2.91. The number of hydrogen-bond acceptors (Lipinski definition) is 1. The average molecular weight is 343 g/mol. The van der Waals surface area contributed by atoms with E-state index in [4.69, 9.17) is 0 Å². The Hall–Kier alpha value is -0.580. The molecule has 1 fully saturated rings. The Morgan fingerprint density at radius 3 is 2.71 bits per heavy atom. The standard InChI is InChI=1S/C14H18INO/c1-3-14(8-5-9-14)16-13(17)11-7-4-6-10(2)12(11)15/h4,6-7H,3,5,8-9H2,1-2H3,(H,16,17). The van der Waals surface area contributed by atoms with Crippen LogP contribution < -0.4 is 5.32 Å². The van der Waals surface area contributed by atoms with Crippen molar-refractivity contribution < 1.29 is 4.79 Å². The van der Waals surface area contributed by atoms with E-state index in [1.807, 2.05) is 25.1 Å². The molecule has 2 rings (SSSR count). The molecular weight excluding hydrogens is 325 g/mol. The van der Waals surface area contributed by atoms with Gasteiger partial charge in [-0.05, 0) is 66.8 Å². The highest BCUT2D eigenvalue weighted by molar-refractivity contribution is 14.1. The number of amides is 1. The second kappa shape index (κ2) is 4.96. The third kappa shape index (κ3) is 2.49. The Balaban J connectivity index is 2.17. The Labute approximate surface area is 116 Å². The summed E-state index contributed by atoms with van der Waals surface area (Å²) in [5, 5.41) is 3.22. The lowest BCUT2D eigenvalue weighted by atomic mass is 9.74.